The number of anilines is 1. The number of aryl methyl sites for hydroxylation is 2. The summed E-state index contributed by atoms with van der Waals surface area (Å²) in [6.45, 7) is 3.85. The molecule has 0 amide bonds. The zero-order valence-electron chi connectivity index (χ0n) is 11.0. The number of nitrogens with zero attached hydrogens (tertiary/aromatic N) is 2. The van der Waals surface area contributed by atoms with E-state index < -0.39 is 4.92 Å². The van der Waals surface area contributed by atoms with Crippen molar-refractivity contribution in [1.82, 2.24) is 4.68 Å². The van der Waals surface area contributed by atoms with Gasteiger partial charge in [0.1, 0.15) is 11.4 Å². The molecule has 2 aromatic rings. The van der Waals surface area contributed by atoms with Gasteiger partial charge in [0.05, 0.1) is 12.0 Å². The maximum Gasteiger partial charge on any atom is 0.294 e. The van der Waals surface area contributed by atoms with Crippen molar-refractivity contribution >= 4 is 11.4 Å². The molecule has 100 valence electrons. The average Bonchev–Trinajstić information content (AvgIpc) is 2.70. The quantitative estimate of drug-likeness (QED) is 0.678. The first-order chi connectivity index (χ1) is 9.02. The second-order valence-electron chi connectivity index (χ2n) is 4.20. The summed E-state index contributed by atoms with van der Waals surface area (Å²) in [6, 6.07) is 8.48. The normalized spacial score (nSPS) is 10.3. The molecule has 0 atom stereocenters. The highest BCUT2D eigenvalue weighted by atomic mass is 16.6. The number of nitrogens with one attached hydrogen (secondary N) is 1. The zero-order chi connectivity index (χ0) is 14.0. The Labute approximate surface area is 110 Å². The van der Waals surface area contributed by atoms with Gasteiger partial charge < -0.3 is 4.74 Å². The van der Waals surface area contributed by atoms with Gasteiger partial charge in [0.25, 0.3) is 5.69 Å². The molecule has 2 rings (SSSR count). The Morgan fingerprint density at radius 3 is 2.37 bits per heavy atom. The van der Waals surface area contributed by atoms with Crippen LogP contribution in [-0.4, -0.2) is 16.7 Å². The second kappa shape index (κ2) is 5.01. The molecule has 1 heterocycles. The van der Waals surface area contributed by atoms with Crippen LogP contribution >= 0.6 is 0 Å². The third-order valence-electron chi connectivity index (χ3n) is 2.90. The van der Waals surface area contributed by atoms with Gasteiger partial charge in [-0.3, -0.25) is 20.2 Å². The van der Waals surface area contributed by atoms with Crippen LogP contribution in [0.2, 0.25) is 0 Å². The number of benzene rings is 1. The van der Waals surface area contributed by atoms with Crippen LogP contribution in [0.5, 0.6) is 5.75 Å². The number of nitro benzene ring substituents is 1. The molecule has 0 aliphatic carbocycles. The number of ether oxygens (including phenoxy) is 1. The minimum Gasteiger partial charge on any atom is -0.497 e. The second-order valence-corrected chi connectivity index (χ2v) is 4.20. The van der Waals surface area contributed by atoms with Gasteiger partial charge in [-0.15, -0.1) is 0 Å². The van der Waals surface area contributed by atoms with Crippen molar-refractivity contribution in [2.24, 2.45) is 0 Å². The van der Waals surface area contributed by atoms with Crippen molar-refractivity contribution in [2.45, 2.75) is 13.8 Å². The molecule has 6 nitrogen and oxygen atoms in total. The number of aromatic nitrogens is 1. The van der Waals surface area contributed by atoms with Crippen LogP contribution in [0.15, 0.2) is 30.3 Å². The lowest BCUT2D eigenvalue weighted by molar-refractivity contribution is -0.384. The van der Waals surface area contributed by atoms with Crippen LogP contribution in [0.3, 0.4) is 0 Å². The van der Waals surface area contributed by atoms with Gasteiger partial charge in [0.2, 0.25) is 0 Å². The fourth-order valence-electron chi connectivity index (χ4n) is 1.86. The lowest BCUT2D eigenvalue weighted by atomic mass is 10.2. The number of rotatable bonds is 4. The first-order valence-electron chi connectivity index (χ1n) is 5.77. The van der Waals surface area contributed by atoms with Gasteiger partial charge in [-0.1, -0.05) is 0 Å². The molecule has 0 fully saturated rings. The van der Waals surface area contributed by atoms with Gasteiger partial charge in [-0.2, -0.15) is 0 Å². The summed E-state index contributed by atoms with van der Waals surface area (Å²) >= 11 is 0. The summed E-state index contributed by atoms with van der Waals surface area (Å²) in [4.78, 5) is 10.6. The van der Waals surface area contributed by atoms with Gasteiger partial charge in [0.15, 0.2) is 0 Å². The smallest absolute Gasteiger partial charge is 0.294 e. The number of hydrogen-bond acceptors (Lipinski definition) is 4. The molecule has 0 saturated carbocycles. The topological polar surface area (TPSA) is 69.3 Å². The molecule has 1 aromatic heterocycles. The SMILES string of the molecule is COc1ccc([N+](=O)[O-])c(Nn2c(C)ccc2C)c1. The minimum absolute atomic E-state index is 0.00769. The van der Waals surface area contributed by atoms with Crippen molar-refractivity contribution < 1.29 is 9.66 Å². The van der Waals surface area contributed by atoms with Gasteiger partial charge >= 0.3 is 0 Å². The van der Waals surface area contributed by atoms with E-state index >= 15 is 0 Å². The van der Waals surface area contributed by atoms with E-state index in [4.69, 9.17) is 4.74 Å². The van der Waals surface area contributed by atoms with E-state index in [1.54, 1.807) is 16.8 Å². The average molecular weight is 261 g/mol. The molecule has 0 radical (unpaired) electrons. The summed E-state index contributed by atoms with van der Waals surface area (Å²) < 4.78 is 6.89. The van der Waals surface area contributed by atoms with E-state index in [1.165, 1.54) is 13.2 Å². The maximum absolute atomic E-state index is 11.0. The molecule has 0 aliphatic rings. The van der Waals surface area contributed by atoms with Crippen LogP contribution in [0.1, 0.15) is 11.4 Å². The van der Waals surface area contributed by atoms with Crippen molar-refractivity contribution in [3.63, 3.8) is 0 Å². The van der Waals surface area contributed by atoms with Crippen LogP contribution in [0.25, 0.3) is 0 Å². The highest BCUT2D eigenvalue weighted by Gasteiger charge is 2.15. The van der Waals surface area contributed by atoms with E-state index in [1.807, 2.05) is 26.0 Å². The van der Waals surface area contributed by atoms with Crippen molar-refractivity contribution in [1.29, 1.82) is 0 Å². The van der Waals surface area contributed by atoms with Crippen LogP contribution in [-0.2, 0) is 0 Å². The Bertz CT molecular complexity index is 600. The van der Waals surface area contributed by atoms with E-state index in [9.17, 15) is 10.1 Å². The highest BCUT2D eigenvalue weighted by molar-refractivity contribution is 5.64. The third-order valence-corrected chi connectivity index (χ3v) is 2.90. The standard InChI is InChI=1S/C13H15N3O3/c1-9-4-5-10(2)15(9)14-12-8-11(19-3)6-7-13(12)16(17)18/h4-8,14H,1-3H3. The molecule has 19 heavy (non-hydrogen) atoms. The molecule has 6 heteroatoms. The van der Waals surface area contributed by atoms with Crippen LogP contribution < -0.4 is 10.2 Å². The van der Waals surface area contributed by atoms with Crippen LogP contribution in [0.4, 0.5) is 11.4 Å². The first kappa shape index (κ1) is 12.9. The number of methoxy groups -OCH3 is 1. The first-order valence-corrected chi connectivity index (χ1v) is 5.77. The molecule has 0 aliphatic heterocycles. The number of nitro groups is 1. The lowest BCUT2D eigenvalue weighted by Crippen LogP contribution is -2.13. The van der Waals surface area contributed by atoms with Crippen molar-refractivity contribution in [3.05, 3.63) is 51.8 Å². The molecule has 0 bridgehead atoms. The summed E-state index contributed by atoms with van der Waals surface area (Å²) in [5.41, 5.74) is 5.38. The summed E-state index contributed by atoms with van der Waals surface area (Å²) in [6.07, 6.45) is 0. The highest BCUT2D eigenvalue weighted by Crippen LogP contribution is 2.29. The Balaban J connectivity index is 2.45. The molecular weight excluding hydrogens is 246 g/mol. The van der Waals surface area contributed by atoms with E-state index in [2.05, 4.69) is 5.43 Å². The van der Waals surface area contributed by atoms with Crippen molar-refractivity contribution in [2.75, 3.05) is 12.5 Å². The van der Waals surface area contributed by atoms with Crippen molar-refractivity contribution in [3.8, 4) is 5.75 Å². The molecule has 1 N–H and O–H groups in total. The minimum atomic E-state index is -0.421. The van der Waals surface area contributed by atoms with Crippen LogP contribution in [0, 0.1) is 24.0 Å². The molecule has 0 spiro atoms. The monoisotopic (exact) mass is 261 g/mol. The summed E-state index contributed by atoms with van der Waals surface area (Å²) in [5.74, 6) is 0.565. The fraction of sp³-hybridized carbons (Fsp3) is 0.231. The Morgan fingerprint density at radius 1 is 1.21 bits per heavy atom. The predicted molar refractivity (Wildman–Crippen MR) is 72.6 cm³/mol. The van der Waals surface area contributed by atoms with E-state index in [0.717, 1.165) is 11.4 Å². The Morgan fingerprint density at radius 2 is 1.84 bits per heavy atom. The van der Waals surface area contributed by atoms with E-state index in [-0.39, 0.29) is 5.69 Å². The molecule has 0 saturated heterocycles. The predicted octanol–water partition coefficient (Wildman–Crippen LogP) is 2.90. The number of hydrogen-bond donors (Lipinski definition) is 1. The van der Waals surface area contributed by atoms with Gasteiger partial charge in [-0.05, 0) is 32.0 Å². The Kier molecular flexibility index (Phi) is 3.41. The molecule has 1 aromatic carbocycles. The Hall–Kier alpha value is -2.50. The lowest BCUT2D eigenvalue weighted by Gasteiger charge is -2.13. The summed E-state index contributed by atoms with van der Waals surface area (Å²) in [7, 11) is 1.52. The van der Waals surface area contributed by atoms with E-state index in [0.29, 0.717) is 11.4 Å². The van der Waals surface area contributed by atoms with Gasteiger partial charge in [-0.25, -0.2) is 0 Å². The maximum atomic E-state index is 11.0. The third kappa shape index (κ3) is 2.52. The molecule has 0 unspecified atom stereocenters. The molecular formula is C13H15N3O3. The summed E-state index contributed by atoms with van der Waals surface area (Å²) in [5, 5.41) is 11.0. The fourth-order valence-corrected chi connectivity index (χ4v) is 1.86. The largest absolute Gasteiger partial charge is 0.497 e. The zero-order valence-corrected chi connectivity index (χ0v) is 11.0. The van der Waals surface area contributed by atoms with Gasteiger partial charge in [0, 0.05) is 23.5 Å².